The third-order valence-electron chi connectivity index (χ3n) is 2.86. The monoisotopic (exact) mass is 405 g/mol. The maximum Gasteiger partial charge on any atom is 0.0745 e. The molecule has 0 spiro atoms. The Morgan fingerprint density at radius 1 is 1.37 bits per heavy atom. The van der Waals surface area contributed by atoms with Gasteiger partial charge >= 0.3 is 0 Å². The van der Waals surface area contributed by atoms with Gasteiger partial charge in [0.2, 0.25) is 0 Å². The molecule has 0 amide bonds. The summed E-state index contributed by atoms with van der Waals surface area (Å²) in [6.07, 6.45) is 2.80. The first-order chi connectivity index (χ1) is 9.04. The zero-order chi connectivity index (χ0) is 14.0. The van der Waals surface area contributed by atoms with Crippen molar-refractivity contribution in [3.05, 3.63) is 49.6 Å². The van der Waals surface area contributed by atoms with Gasteiger partial charge in [-0.15, -0.1) is 0 Å². The van der Waals surface area contributed by atoms with Gasteiger partial charge < -0.3 is 5.73 Å². The molecule has 1 heterocycles. The molecule has 0 aliphatic rings. The van der Waals surface area contributed by atoms with Crippen LogP contribution in [0.15, 0.2) is 33.3 Å². The summed E-state index contributed by atoms with van der Waals surface area (Å²) in [5, 5.41) is 5.03. The summed E-state index contributed by atoms with van der Waals surface area (Å²) in [5.41, 5.74) is 8.35. The SMILES string of the molecule is CCCn1ncc(Br)c1C(N)c1ccc(Cl)cc1Br. The fourth-order valence-corrected chi connectivity index (χ4v) is 3.44. The first kappa shape index (κ1) is 15.0. The summed E-state index contributed by atoms with van der Waals surface area (Å²) >= 11 is 13.0. The quantitative estimate of drug-likeness (QED) is 0.810. The first-order valence-electron chi connectivity index (χ1n) is 5.96. The third-order valence-corrected chi connectivity index (χ3v) is 4.39. The second kappa shape index (κ2) is 6.39. The third kappa shape index (κ3) is 3.21. The van der Waals surface area contributed by atoms with Crippen molar-refractivity contribution in [2.75, 3.05) is 0 Å². The predicted molar refractivity (Wildman–Crippen MR) is 85.4 cm³/mol. The highest BCUT2D eigenvalue weighted by molar-refractivity contribution is 9.10. The second-order valence-electron chi connectivity index (χ2n) is 4.24. The van der Waals surface area contributed by atoms with Gasteiger partial charge in [0.05, 0.1) is 22.4 Å². The van der Waals surface area contributed by atoms with Crippen molar-refractivity contribution in [3.63, 3.8) is 0 Å². The van der Waals surface area contributed by atoms with E-state index in [0.717, 1.165) is 33.2 Å². The molecule has 0 radical (unpaired) electrons. The number of aromatic nitrogens is 2. The van der Waals surface area contributed by atoms with Gasteiger partial charge in [0.25, 0.3) is 0 Å². The van der Waals surface area contributed by atoms with Gasteiger partial charge in [-0.05, 0) is 40.0 Å². The lowest BCUT2D eigenvalue weighted by Crippen LogP contribution is -2.18. The maximum atomic E-state index is 6.38. The van der Waals surface area contributed by atoms with Crippen LogP contribution < -0.4 is 5.73 Å². The Morgan fingerprint density at radius 3 is 2.74 bits per heavy atom. The summed E-state index contributed by atoms with van der Waals surface area (Å²) in [5.74, 6) is 0. The van der Waals surface area contributed by atoms with E-state index in [-0.39, 0.29) is 6.04 Å². The molecule has 0 bridgehead atoms. The van der Waals surface area contributed by atoms with Crippen molar-refractivity contribution >= 4 is 43.5 Å². The minimum Gasteiger partial charge on any atom is -0.319 e. The lowest BCUT2D eigenvalue weighted by Gasteiger charge is -2.17. The van der Waals surface area contributed by atoms with Crippen molar-refractivity contribution in [2.24, 2.45) is 5.73 Å². The average molecular weight is 408 g/mol. The molecule has 6 heteroatoms. The van der Waals surface area contributed by atoms with E-state index in [4.69, 9.17) is 17.3 Å². The van der Waals surface area contributed by atoms with Crippen molar-refractivity contribution in [1.29, 1.82) is 0 Å². The Kier molecular flexibility index (Phi) is 5.06. The van der Waals surface area contributed by atoms with E-state index in [1.807, 2.05) is 22.9 Å². The molecule has 1 aromatic heterocycles. The van der Waals surface area contributed by atoms with Crippen LogP contribution in [0.25, 0.3) is 0 Å². The lowest BCUT2D eigenvalue weighted by atomic mass is 10.0. The molecule has 1 aromatic carbocycles. The Labute approximate surface area is 134 Å². The number of nitrogens with two attached hydrogens (primary N) is 1. The summed E-state index contributed by atoms with van der Waals surface area (Å²) < 4.78 is 3.77. The molecular weight excluding hydrogens is 393 g/mol. The van der Waals surface area contributed by atoms with Crippen LogP contribution in [-0.4, -0.2) is 9.78 Å². The van der Waals surface area contributed by atoms with Crippen LogP contribution in [0.1, 0.15) is 30.6 Å². The zero-order valence-corrected chi connectivity index (χ0v) is 14.3. The fourth-order valence-electron chi connectivity index (χ4n) is 1.97. The molecule has 0 aliphatic carbocycles. The molecule has 2 aromatic rings. The molecule has 3 nitrogen and oxygen atoms in total. The first-order valence-corrected chi connectivity index (χ1v) is 7.92. The van der Waals surface area contributed by atoms with Crippen LogP contribution in [0.4, 0.5) is 0 Å². The van der Waals surface area contributed by atoms with E-state index in [1.165, 1.54) is 0 Å². The molecule has 2 N–H and O–H groups in total. The lowest BCUT2D eigenvalue weighted by molar-refractivity contribution is 0.558. The highest BCUT2D eigenvalue weighted by Crippen LogP contribution is 2.32. The molecular formula is C13H14Br2ClN3. The van der Waals surface area contributed by atoms with Gasteiger partial charge in [-0.2, -0.15) is 5.10 Å². The van der Waals surface area contributed by atoms with Crippen LogP contribution in [-0.2, 0) is 6.54 Å². The average Bonchev–Trinajstić information content (AvgIpc) is 2.70. The van der Waals surface area contributed by atoms with E-state index >= 15 is 0 Å². The summed E-state index contributed by atoms with van der Waals surface area (Å²) in [6, 6.07) is 5.38. The van der Waals surface area contributed by atoms with E-state index in [2.05, 4.69) is 43.9 Å². The van der Waals surface area contributed by atoms with E-state index in [1.54, 1.807) is 6.20 Å². The minimum absolute atomic E-state index is 0.255. The van der Waals surface area contributed by atoms with Crippen LogP contribution in [0, 0.1) is 0 Å². The number of rotatable bonds is 4. The van der Waals surface area contributed by atoms with E-state index in [9.17, 15) is 0 Å². The standard InChI is InChI=1S/C13H14Br2ClN3/c1-2-5-19-13(11(15)7-18-19)12(17)9-4-3-8(16)6-10(9)14/h3-4,6-7,12H,2,5,17H2,1H3. The van der Waals surface area contributed by atoms with Crippen molar-refractivity contribution < 1.29 is 0 Å². The maximum absolute atomic E-state index is 6.38. The van der Waals surface area contributed by atoms with Gasteiger partial charge in [0.15, 0.2) is 0 Å². The van der Waals surface area contributed by atoms with Gasteiger partial charge in [-0.3, -0.25) is 4.68 Å². The van der Waals surface area contributed by atoms with Crippen LogP contribution in [0.2, 0.25) is 5.02 Å². The van der Waals surface area contributed by atoms with E-state index < -0.39 is 0 Å². The second-order valence-corrected chi connectivity index (χ2v) is 6.39. The normalized spacial score (nSPS) is 12.7. The van der Waals surface area contributed by atoms with Gasteiger partial charge in [0, 0.05) is 16.0 Å². The molecule has 19 heavy (non-hydrogen) atoms. The zero-order valence-electron chi connectivity index (χ0n) is 10.4. The Bertz CT molecular complexity index is 583. The smallest absolute Gasteiger partial charge is 0.0745 e. The highest BCUT2D eigenvalue weighted by Gasteiger charge is 2.20. The van der Waals surface area contributed by atoms with Gasteiger partial charge in [-0.25, -0.2) is 0 Å². The van der Waals surface area contributed by atoms with Gasteiger partial charge in [0.1, 0.15) is 0 Å². The summed E-state index contributed by atoms with van der Waals surface area (Å²) in [4.78, 5) is 0. The van der Waals surface area contributed by atoms with Crippen molar-refractivity contribution in [3.8, 4) is 0 Å². The molecule has 0 saturated carbocycles. The molecule has 102 valence electrons. The van der Waals surface area contributed by atoms with Crippen LogP contribution in [0.3, 0.4) is 0 Å². The van der Waals surface area contributed by atoms with Gasteiger partial charge in [-0.1, -0.05) is 40.5 Å². The number of nitrogens with zero attached hydrogens (tertiary/aromatic N) is 2. The topological polar surface area (TPSA) is 43.8 Å². The highest BCUT2D eigenvalue weighted by atomic mass is 79.9. The minimum atomic E-state index is -0.255. The number of benzene rings is 1. The van der Waals surface area contributed by atoms with Crippen LogP contribution >= 0.6 is 43.5 Å². The Hall–Kier alpha value is -0.360. The number of halogens is 3. The predicted octanol–water partition coefficient (Wildman–Crippen LogP) is 4.52. The Morgan fingerprint density at radius 2 is 2.11 bits per heavy atom. The Balaban J connectivity index is 2.43. The molecule has 0 saturated heterocycles. The molecule has 1 atom stereocenters. The number of hydrogen-bond acceptors (Lipinski definition) is 2. The van der Waals surface area contributed by atoms with Crippen molar-refractivity contribution in [1.82, 2.24) is 9.78 Å². The van der Waals surface area contributed by atoms with Crippen LogP contribution in [0.5, 0.6) is 0 Å². The number of aryl methyl sites for hydroxylation is 1. The number of hydrogen-bond donors (Lipinski definition) is 1. The fraction of sp³-hybridized carbons (Fsp3) is 0.308. The largest absolute Gasteiger partial charge is 0.319 e. The van der Waals surface area contributed by atoms with Crippen molar-refractivity contribution in [2.45, 2.75) is 25.9 Å². The molecule has 1 unspecified atom stereocenters. The summed E-state index contributed by atoms with van der Waals surface area (Å²) in [6.45, 7) is 2.96. The summed E-state index contributed by atoms with van der Waals surface area (Å²) in [7, 11) is 0. The molecule has 0 fully saturated rings. The molecule has 2 rings (SSSR count). The van der Waals surface area contributed by atoms with E-state index in [0.29, 0.717) is 5.02 Å². The molecule has 0 aliphatic heterocycles.